The summed E-state index contributed by atoms with van der Waals surface area (Å²) in [6.07, 6.45) is 3.62. The first-order valence-corrected chi connectivity index (χ1v) is 5.12. The van der Waals surface area contributed by atoms with Crippen molar-refractivity contribution in [1.82, 2.24) is 4.98 Å². The van der Waals surface area contributed by atoms with Crippen LogP contribution in [0.5, 0.6) is 5.75 Å². The number of aromatic nitrogens is 1. The molecule has 0 aliphatic carbocycles. The van der Waals surface area contributed by atoms with E-state index in [-0.39, 0.29) is 24.8 Å². The molecule has 1 aromatic carbocycles. The molecule has 0 aliphatic rings. The number of halogens is 2. The molecule has 2 N–H and O–H groups in total. The highest BCUT2D eigenvalue weighted by atomic mass is 35.5. The monoisotopic (exact) mass is 286 g/mol. The molecule has 3 nitrogen and oxygen atoms in total. The molecule has 2 aromatic rings. The molecule has 0 amide bonds. The maximum atomic E-state index is 5.58. The van der Waals surface area contributed by atoms with Gasteiger partial charge in [0.25, 0.3) is 0 Å². The highest BCUT2D eigenvalue weighted by Crippen LogP contribution is 2.22. The van der Waals surface area contributed by atoms with Crippen molar-refractivity contribution in [2.24, 2.45) is 5.73 Å². The van der Waals surface area contributed by atoms with Gasteiger partial charge in [-0.1, -0.05) is 12.1 Å². The number of nitrogens with zero attached hydrogens (tertiary/aromatic N) is 1. The maximum Gasteiger partial charge on any atom is 0.118 e. The lowest BCUT2D eigenvalue weighted by molar-refractivity contribution is 0.415. The molecule has 0 saturated heterocycles. The zero-order valence-corrected chi connectivity index (χ0v) is 11.6. The third-order valence-corrected chi connectivity index (χ3v) is 2.45. The van der Waals surface area contributed by atoms with E-state index in [4.69, 9.17) is 10.5 Å². The van der Waals surface area contributed by atoms with Gasteiger partial charge in [-0.25, -0.2) is 0 Å². The predicted octanol–water partition coefficient (Wildman–Crippen LogP) is 3.06. The second kappa shape index (κ2) is 7.93. The average molecular weight is 287 g/mol. The molecule has 1 heterocycles. The summed E-state index contributed by atoms with van der Waals surface area (Å²) in [5.74, 6) is 0.853. The number of rotatable bonds is 3. The molecule has 0 atom stereocenters. The molecule has 0 radical (unpaired) electrons. The first-order chi connectivity index (χ1) is 7.83. The van der Waals surface area contributed by atoms with Crippen molar-refractivity contribution < 1.29 is 4.74 Å². The van der Waals surface area contributed by atoms with Gasteiger partial charge in [-0.05, 0) is 29.3 Å². The smallest absolute Gasteiger partial charge is 0.118 e. The third kappa shape index (κ3) is 3.88. The van der Waals surface area contributed by atoms with Crippen LogP contribution in [-0.4, -0.2) is 12.1 Å². The van der Waals surface area contributed by atoms with Crippen LogP contribution in [-0.2, 0) is 6.54 Å². The van der Waals surface area contributed by atoms with Crippen LogP contribution >= 0.6 is 24.8 Å². The van der Waals surface area contributed by atoms with Gasteiger partial charge in [-0.2, -0.15) is 0 Å². The normalized spacial score (nSPS) is 9.00. The lowest BCUT2D eigenvalue weighted by atomic mass is 10.1. The first-order valence-electron chi connectivity index (χ1n) is 5.12. The Bertz CT molecular complexity index is 475. The highest BCUT2D eigenvalue weighted by molar-refractivity contribution is 5.85. The standard InChI is InChI=1S/C13H14N2O.2ClH/c1-16-13-4-2-11(3-5-13)12-6-10(7-14)8-15-9-12;;/h2-6,8-9H,7,14H2,1H3;2*1H. The molecule has 0 fully saturated rings. The fraction of sp³-hybridized carbons (Fsp3) is 0.154. The summed E-state index contributed by atoms with van der Waals surface area (Å²) < 4.78 is 5.11. The van der Waals surface area contributed by atoms with Gasteiger partial charge in [0.15, 0.2) is 0 Å². The number of benzene rings is 1. The summed E-state index contributed by atoms with van der Waals surface area (Å²) in [6, 6.07) is 9.94. The van der Waals surface area contributed by atoms with Gasteiger partial charge in [0.2, 0.25) is 0 Å². The van der Waals surface area contributed by atoms with Crippen LogP contribution in [0.1, 0.15) is 5.56 Å². The van der Waals surface area contributed by atoms with Crippen molar-refractivity contribution in [1.29, 1.82) is 0 Å². The Kier molecular flexibility index (Phi) is 7.36. The van der Waals surface area contributed by atoms with Crippen molar-refractivity contribution in [2.45, 2.75) is 6.54 Å². The molecule has 0 bridgehead atoms. The van der Waals surface area contributed by atoms with E-state index in [1.807, 2.05) is 30.5 Å². The van der Waals surface area contributed by atoms with Gasteiger partial charge in [0, 0.05) is 24.5 Å². The molecule has 98 valence electrons. The van der Waals surface area contributed by atoms with Gasteiger partial charge in [-0.3, -0.25) is 4.98 Å². The Labute approximate surface area is 119 Å². The van der Waals surface area contributed by atoms with E-state index in [1.54, 1.807) is 13.3 Å². The fourth-order valence-electron chi connectivity index (χ4n) is 1.54. The van der Waals surface area contributed by atoms with Gasteiger partial charge in [0.05, 0.1) is 7.11 Å². The van der Waals surface area contributed by atoms with Crippen molar-refractivity contribution in [3.05, 3.63) is 48.3 Å². The van der Waals surface area contributed by atoms with E-state index in [0.717, 1.165) is 22.4 Å². The van der Waals surface area contributed by atoms with E-state index in [9.17, 15) is 0 Å². The van der Waals surface area contributed by atoms with Crippen LogP contribution in [0.3, 0.4) is 0 Å². The summed E-state index contributed by atoms with van der Waals surface area (Å²) in [5.41, 5.74) is 8.81. The number of ether oxygens (including phenoxy) is 1. The third-order valence-electron chi connectivity index (χ3n) is 2.45. The number of pyridine rings is 1. The van der Waals surface area contributed by atoms with Gasteiger partial charge in [-0.15, -0.1) is 24.8 Å². The zero-order chi connectivity index (χ0) is 11.4. The minimum absolute atomic E-state index is 0. The topological polar surface area (TPSA) is 48.1 Å². The molecule has 18 heavy (non-hydrogen) atoms. The van der Waals surface area contributed by atoms with Crippen molar-refractivity contribution in [3.8, 4) is 16.9 Å². The van der Waals surface area contributed by atoms with E-state index in [2.05, 4.69) is 11.1 Å². The van der Waals surface area contributed by atoms with Gasteiger partial charge >= 0.3 is 0 Å². The van der Waals surface area contributed by atoms with Crippen LogP contribution in [0.15, 0.2) is 42.7 Å². The molecular weight excluding hydrogens is 271 g/mol. The molecule has 0 unspecified atom stereocenters. The lowest BCUT2D eigenvalue weighted by Crippen LogP contribution is -1.97. The minimum Gasteiger partial charge on any atom is -0.497 e. The van der Waals surface area contributed by atoms with Crippen molar-refractivity contribution in [3.63, 3.8) is 0 Å². The number of hydrogen-bond donors (Lipinski definition) is 1. The van der Waals surface area contributed by atoms with Gasteiger partial charge < -0.3 is 10.5 Å². The van der Waals surface area contributed by atoms with E-state index < -0.39 is 0 Å². The summed E-state index contributed by atoms with van der Waals surface area (Å²) in [4.78, 5) is 4.16. The Morgan fingerprint density at radius 1 is 1.06 bits per heavy atom. The number of hydrogen-bond acceptors (Lipinski definition) is 3. The molecular formula is C13H16Cl2N2O. The average Bonchev–Trinajstić information content (AvgIpc) is 2.39. The largest absolute Gasteiger partial charge is 0.497 e. The number of methoxy groups -OCH3 is 1. The SMILES string of the molecule is COc1ccc(-c2cncc(CN)c2)cc1.Cl.Cl. The van der Waals surface area contributed by atoms with Crippen LogP contribution in [0.4, 0.5) is 0 Å². The Morgan fingerprint density at radius 3 is 2.28 bits per heavy atom. The molecule has 1 aromatic heterocycles. The number of nitrogens with two attached hydrogens (primary N) is 1. The minimum atomic E-state index is 0. The predicted molar refractivity (Wildman–Crippen MR) is 78.6 cm³/mol. The van der Waals surface area contributed by atoms with Crippen LogP contribution in [0.25, 0.3) is 11.1 Å². The Morgan fingerprint density at radius 2 is 1.72 bits per heavy atom. The summed E-state index contributed by atoms with van der Waals surface area (Å²) in [6.45, 7) is 0.511. The fourth-order valence-corrected chi connectivity index (χ4v) is 1.54. The van der Waals surface area contributed by atoms with Crippen LogP contribution in [0.2, 0.25) is 0 Å². The van der Waals surface area contributed by atoms with E-state index in [0.29, 0.717) is 6.54 Å². The molecule has 0 saturated carbocycles. The van der Waals surface area contributed by atoms with Crippen LogP contribution < -0.4 is 10.5 Å². The second-order valence-electron chi connectivity index (χ2n) is 3.51. The zero-order valence-electron chi connectivity index (χ0n) is 10.00. The van der Waals surface area contributed by atoms with E-state index in [1.165, 1.54) is 0 Å². The molecule has 0 aliphatic heterocycles. The van der Waals surface area contributed by atoms with Crippen molar-refractivity contribution >= 4 is 24.8 Å². The maximum absolute atomic E-state index is 5.58. The second-order valence-corrected chi connectivity index (χ2v) is 3.51. The Balaban J connectivity index is 0.00000144. The summed E-state index contributed by atoms with van der Waals surface area (Å²) >= 11 is 0. The molecule has 0 spiro atoms. The van der Waals surface area contributed by atoms with E-state index >= 15 is 0 Å². The van der Waals surface area contributed by atoms with Gasteiger partial charge in [0.1, 0.15) is 5.75 Å². The lowest BCUT2D eigenvalue weighted by Gasteiger charge is -2.04. The first kappa shape index (κ1) is 16.7. The molecule has 5 heteroatoms. The highest BCUT2D eigenvalue weighted by Gasteiger charge is 1.99. The molecule has 2 rings (SSSR count). The van der Waals surface area contributed by atoms with Crippen molar-refractivity contribution in [2.75, 3.05) is 7.11 Å². The summed E-state index contributed by atoms with van der Waals surface area (Å²) in [7, 11) is 1.66. The van der Waals surface area contributed by atoms with Crippen LogP contribution in [0, 0.1) is 0 Å². The Hall–Kier alpha value is -1.29. The summed E-state index contributed by atoms with van der Waals surface area (Å²) in [5, 5.41) is 0. The quantitative estimate of drug-likeness (QED) is 0.943.